The Labute approximate surface area is 191 Å². The highest BCUT2D eigenvalue weighted by Gasteiger charge is 2.17. The van der Waals surface area contributed by atoms with E-state index in [9.17, 15) is 9.59 Å². The van der Waals surface area contributed by atoms with E-state index in [1.165, 1.54) is 12.4 Å². The van der Waals surface area contributed by atoms with Gasteiger partial charge >= 0.3 is 0 Å². The van der Waals surface area contributed by atoms with Crippen molar-refractivity contribution in [2.75, 3.05) is 10.6 Å². The molecule has 0 unspecified atom stereocenters. The van der Waals surface area contributed by atoms with Gasteiger partial charge in [-0.2, -0.15) is 11.3 Å². The minimum Gasteiger partial charge on any atom is -0.331 e. The first-order valence-electron chi connectivity index (χ1n) is 9.77. The predicted octanol–water partition coefficient (Wildman–Crippen LogP) is 3.65. The fourth-order valence-electron chi connectivity index (χ4n) is 3.11. The molecule has 4 aromatic heterocycles. The molecule has 0 radical (unpaired) electrons. The summed E-state index contributed by atoms with van der Waals surface area (Å²) in [7, 11) is 0. The van der Waals surface area contributed by atoms with Gasteiger partial charge in [0.1, 0.15) is 11.2 Å². The van der Waals surface area contributed by atoms with Gasteiger partial charge < -0.3 is 9.97 Å². The molecular formula is C23H15N7O2S. The van der Waals surface area contributed by atoms with E-state index in [-0.39, 0.29) is 17.5 Å². The Bertz CT molecular complexity index is 1510. The lowest BCUT2D eigenvalue weighted by Crippen LogP contribution is -2.16. The van der Waals surface area contributed by atoms with Crippen LogP contribution in [0.2, 0.25) is 0 Å². The third-order valence-corrected chi connectivity index (χ3v) is 5.29. The van der Waals surface area contributed by atoms with Crippen molar-refractivity contribution >= 4 is 46.1 Å². The Morgan fingerprint density at radius 1 is 0.939 bits per heavy atom. The van der Waals surface area contributed by atoms with Crippen molar-refractivity contribution in [3.63, 3.8) is 0 Å². The second-order valence-electron chi connectivity index (χ2n) is 6.79. The largest absolute Gasteiger partial charge is 0.331 e. The van der Waals surface area contributed by atoms with Crippen LogP contribution in [0.25, 0.3) is 11.0 Å². The van der Waals surface area contributed by atoms with Crippen LogP contribution in [-0.4, -0.2) is 36.7 Å². The molecular weight excluding hydrogens is 438 g/mol. The fourth-order valence-corrected chi connectivity index (χ4v) is 3.70. The van der Waals surface area contributed by atoms with Gasteiger partial charge in [0.15, 0.2) is 0 Å². The Morgan fingerprint density at radius 3 is 2.67 bits per heavy atom. The zero-order valence-electron chi connectivity index (χ0n) is 16.9. The number of carbonyl (C=O) groups is 2. The van der Waals surface area contributed by atoms with Crippen LogP contribution in [0.3, 0.4) is 0 Å². The van der Waals surface area contributed by atoms with Crippen LogP contribution in [0.1, 0.15) is 32.0 Å². The molecule has 0 spiro atoms. The van der Waals surface area contributed by atoms with Gasteiger partial charge in [0.2, 0.25) is 11.9 Å². The molecule has 0 fully saturated rings. The third-order valence-electron chi connectivity index (χ3n) is 4.60. The number of hydrogen-bond acceptors (Lipinski definition) is 6. The number of hydrogen-bond donors (Lipinski definition) is 4. The molecule has 0 atom stereocenters. The maximum atomic E-state index is 12.9. The third kappa shape index (κ3) is 4.34. The van der Waals surface area contributed by atoms with Gasteiger partial charge in [-0.25, -0.2) is 15.0 Å². The molecule has 160 valence electrons. The summed E-state index contributed by atoms with van der Waals surface area (Å²) < 4.78 is 0. The number of nitrogens with zero attached hydrogens (tertiary/aromatic N) is 3. The van der Waals surface area contributed by atoms with Gasteiger partial charge in [-0.05, 0) is 35.7 Å². The summed E-state index contributed by atoms with van der Waals surface area (Å²) in [6.07, 6.45) is 4.67. The first-order chi connectivity index (χ1) is 16.2. The second kappa shape index (κ2) is 8.78. The van der Waals surface area contributed by atoms with Crippen LogP contribution >= 0.6 is 11.3 Å². The Morgan fingerprint density at radius 2 is 1.85 bits per heavy atom. The van der Waals surface area contributed by atoms with E-state index < -0.39 is 5.91 Å². The number of carbonyl (C=O) groups excluding carboxylic acids is 2. The molecule has 33 heavy (non-hydrogen) atoms. The molecule has 0 aliphatic heterocycles. The summed E-state index contributed by atoms with van der Waals surface area (Å²) in [5, 5.41) is 9.24. The van der Waals surface area contributed by atoms with Crippen LogP contribution < -0.4 is 10.6 Å². The fraction of sp³-hybridized carbons (Fsp3) is 0. The number of benzene rings is 1. The molecule has 5 aromatic rings. The summed E-state index contributed by atoms with van der Waals surface area (Å²) in [5.74, 6) is 5.69. The number of nitrogens with one attached hydrogen (secondary N) is 4. The number of fused-ring (bicyclic) bond motifs is 1. The lowest BCUT2D eigenvalue weighted by molar-refractivity contribution is 0.101. The van der Waals surface area contributed by atoms with E-state index in [4.69, 9.17) is 0 Å². The van der Waals surface area contributed by atoms with E-state index in [0.29, 0.717) is 28.1 Å². The number of H-pyrrole nitrogens is 2. The van der Waals surface area contributed by atoms with Crippen LogP contribution in [0, 0.1) is 11.8 Å². The molecule has 0 saturated heterocycles. The topological polar surface area (TPSA) is 128 Å². The van der Waals surface area contributed by atoms with E-state index in [1.54, 1.807) is 47.9 Å². The molecule has 0 aliphatic rings. The average Bonchev–Trinajstić information content (AvgIpc) is 3.59. The monoisotopic (exact) mass is 453 g/mol. The zero-order valence-corrected chi connectivity index (χ0v) is 17.7. The maximum Gasteiger partial charge on any atom is 0.277 e. The van der Waals surface area contributed by atoms with Gasteiger partial charge in [-0.3, -0.25) is 20.2 Å². The normalized spacial score (nSPS) is 10.4. The number of anilines is 2. The molecule has 9 nitrogen and oxygen atoms in total. The number of aromatic amines is 2. The molecule has 0 bridgehead atoms. The van der Waals surface area contributed by atoms with Gasteiger partial charge in [-0.15, -0.1) is 0 Å². The summed E-state index contributed by atoms with van der Waals surface area (Å²) >= 11 is 1.55. The maximum absolute atomic E-state index is 12.9. The Balaban J connectivity index is 1.40. The molecule has 5 rings (SSSR count). The molecule has 0 aliphatic carbocycles. The number of aromatic nitrogens is 5. The van der Waals surface area contributed by atoms with Crippen LogP contribution in [-0.2, 0) is 0 Å². The lowest BCUT2D eigenvalue weighted by Gasteiger charge is -2.03. The van der Waals surface area contributed by atoms with Crippen LogP contribution in [0.4, 0.5) is 11.9 Å². The van der Waals surface area contributed by atoms with E-state index in [0.717, 1.165) is 5.56 Å². The van der Waals surface area contributed by atoms with Gasteiger partial charge in [0.25, 0.3) is 11.8 Å². The highest BCUT2D eigenvalue weighted by molar-refractivity contribution is 7.08. The number of para-hydroxylation sites is 1. The van der Waals surface area contributed by atoms with E-state index >= 15 is 0 Å². The van der Waals surface area contributed by atoms with Gasteiger partial charge in [0, 0.05) is 29.5 Å². The quantitative estimate of drug-likeness (QED) is 0.309. The van der Waals surface area contributed by atoms with Crippen molar-refractivity contribution in [2.45, 2.75) is 0 Å². The van der Waals surface area contributed by atoms with E-state index in [2.05, 4.69) is 47.4 Å². The van der Waals surface area contributed by atoms with E-state index in [1.807, 2.05) is 16.8 Å². The van der Waals surface area contributed by atoms with Crippen molar-refractivity contribution < 1.29 is 9.59 Å². The number of pyridine rings is 1. The SMILES string of the molecule is O=C(Nc1nc2c(C(=O)Nc3ncc[nH]3)cccc2[nH]1)c1ncccc1C#Cc1ccsc1. The molecule has 4 N–H and O–H groups in total. The van der Waals surface area contributed by atoms with Crippen molar-refractivity contribution in [2.24, 2.45) is 0 Å². The number of imidazole rings is 2. The van der Waals surface area contributed by atoms with Crippen molar-refractivity contribution in [3.8, 4) is 11.8 Å². The summed E-state index contributed by atoms with van der Waals surface area (Å²) in [6, 6.07) is 10.5. The standard InChI is InChI=1S/C23H15N7O2S/c31-20(29-22-25-10-11-26-22)16-4-1-5-17-19(16)28-23(27-17)30-21(32)18-15(3-2-9-24-18)7-6-14-8-12-33-13-14/h1-5,8-13H,(H2,25,26,29,31)(H2,27,28,30,32). The minimum atomic E-state index is -0.467. The van der Waals surface area contributed by atoms with Gasteiger partial charge in [-0.1, -0.05) is 17.9 Å². The lowest BCUT2D eigenvalue weighted by atomic mass is 10.1. The molecule has 10 heteroatoms. The summed E-state index contributed by atoms with van der Waals surface area (Å²) in [4.78, 5) is 44.0. The van der Waals surface area contributed by atoms with Crippen molar-refractivity contribution in [1.29, 1.82) is 0 Å². The Kier molecular flexibility index (Phi) is 5.37. The Hall–Kier alpha value is -4.75. The first-order valence-corrected chi connectivity index (χ1v) is 10.7. The first kappa shape index (κ1) is 20.2. The highest BCUT2D eigenvalue weighted by atomic mass is 32.1. The minimum absolute atomic E-state index is 0.177. The van der Waals surface area contributed by atoms with Crippen molar-refractivity contribution in [1.82, 2.24) is 24.9 Å². The molecule has 2 amide bonds. The smallest absolute Gasteiger partial charge is 0.277 e. The summed E-state index contributed by atoms with van der Waals surface area (Å²) in [5.41, 5.74) is 2.88. The molecule has 4 heterocycles. The number of amides is 2. The number of thiophene rings is 1. The average molecular weight is 453 g/mol. The van der Waals surface area contributed by atoms with Crippen molar-refractivity contribution in [3.05, 3.63) is 88.1 Å². The van der Waals surface area contributed by atoms with Crippen LogP contribution in [0.5, 0.6) is 0 Å². The summed E-state index contributed by atoms with van der Waals surface area (Å²) in [6.45, 7) is 0. The predicted molar refractivity (Wildman–Crippen MR) is 125 cm³/mol. The van der Waals surface area contributed by atoms with Gasteiger partial charge in [0.05, 0.1) is 16.6 Å². The molecule has 0 saturated carbocycles. The second-order valence-corrected chi connectivity index (χ2v) is 7.57. The molecule has 1 aromatic carbocycles. The highest BCUT2D eigenvalue weighted by Crippen LogP contribution is 2.20. The van der Waals surface area contributed by atoms with Crippen LogP contribution in [0.15, 0.2) is 65.7 Å². The number of rotatable bonds is 4. The zero-order chi connectivity index (χ0) is 22.6.